The number of hydrogen-bond acceptors (Lipinski definition) is 3. The summed E-state index contributed by atoms with van der Waals surface area (Å²) >= 11 is 0. The Balaban J connectivity index is 1.70. The van der Waals surface area contributed by atoms with Gasteiger partial charge in [-0.2, -0.15) is 0 Å². The van der Waals surface area contributed by atoms with E-state index in [1.807, 2.05) is 22.8 Å². The summed E-state index contributed by atoms with van der Waals surface area (Å²) in [4.78, 5) is 16.0. The van der Waals surface area contributed by atoms with Crippen molar-refractivity contribution < 1.29 is 14.6 Å². The maximum absolute atomic E-state index is 11.4. The van der Waals surface area contributed by atoms with Crippen LogP contribution in [0.15, 0.2) is 72.8 Å². The number of carbonyl (C=O) groups is 1. The van der Waals surface area contributed by atoms with Crippen molar-refractivity contribution in [2.45, 2.75) is 13.2 Å². The fourth-order valence-electron chi connectivity index (χ4n) is 3.34. The average molecular weight is 372 g/mol. The van der Waals surface area contributed by atoms with Crippen molar-refractivity contribution in [3.8, 4) is 11.1 Å². The van der Waals surface area contributed by atoms with E-state index in [4.69, 9.17) is 4.74 Å². The lowest BCUT2D eigenvalue weighted by molar-refractivity contribution is 0.0697. The summed E-state index contributed by atoms with van der Waals surface area (Å²) < 4.78 is 7.31. The molecule has 0 spiro atoms. The van der Waals surface area contributed by atoms with Gasteiger partial charge in [0, 0.05) is 13.7 Å². The third-order valence-corrected chi connectivity index (χ3v) is 4.75. The van der Waals surface area contributed by atoms with Crippen LogP contribution in [-0.4, -0.2) is 27.7 Å². The number of nitrogens with zero attached hydrogens (tertiary/aromatic N) is 2. The monoisotopic (exact) mass is 372 g/mol. The minimum Gasteiger partial charge on any atom is -0.478 e. The Morgan fingerprint density at radius 2 is 1.71 bits per heavy atom. The summed E-state index contributed by atoms with van der Waals surface area (Å²) in [6, 6.07) is 23.6. The smallest absolute Gasteiger partial charge is 0.335 e. The third kappa shape index (κ3) is 3.52. The Bertz CT molecular complexity index is 1120. The molecule has 0 saturated heterocycles. The van der Waals surface area contributed by atoms with Crippen LogP contribution in [0.5, 0.6) is 0 Å². The molecular formula is C23H20N2O3. The van der Waals surface area contributed by atoms with Crippen LogP contribution in [0.3, 0.4) is 0 Å². The Morgan fingerprint density at radius 1 is 1.00 bits per heavy atom. The van der Waals surface area contributed by atoms with Crippen molar-refractivity contribution >= 4 is 17.0 Å². The molecule has 0 fully saturated rings. The van der Waals surface area contributed by atoms with Gasteiger partial charge in [0.1, 0.15) is 12.4 Å². The molecule has 0 atom stereocenters. The molecule has 5 nitrogen and oxygen atoms in total. The lowest BCUT2D eigenvalue weighted by Gasteiger charge is -2.10. The third-order valence-electron chi connectivity index (χ3n) is 4.75. The average Bonchev–Trinajstić information content (AvgIpc) is 3.06. The van der Waals surface area contributed by atoms with E-state index >= 15 is 0 Å². The van der Waals surface area contributed by atoms with Gasteiger partial charge in [0.25, 0.3) is 0 Å². The quantitative estimate of drug-likeness (QED) is 0.537. The second-order valence-corrected chi connectivity index (χ2v) is 6.62. The molecule has 0 aliphatic carbocycles. The van der Waals surface area contributed by atoms with E-state index < -0.39 is 5.97 Å². The van der Waals surface area contributed by atoms with Gasteiger partial charge < -0.3 is 14.4 Å². The number of methoxy groups -OCH3 is 1. The number of aromatic nitrogens is 2. The second kappa shape index (κ2) is 7.66. The highest BCUT2D eigenvalue weighted by Crippen LogP contribution is 2.23. The van der Waals surface area contributed by atoms with Crippen LogP contribution in [0.1, 0.15) is 21.7 Å². The molecule has 1 N–H and O–H groups in total. The first-order valence-corrected chi connectivity index (χ1v) is 9.01. The van der Waals surface area contributed by atoms with Gasteiger partial charge in [-0.3, -0.25) is 0 Å². The van der Waals surface area contributed by atoms with Gasteiger partial charge in [-0.05, 0) is 34.9 Å². The highest BCUT2D eigenvalue weighted by atomic mass is 16.5. The van der Waals surface area contributed by atoms with Crippen molar-refractivity contribution in [2.75, 3.05) is 7.11 Å². The number of ether oxygens (including phenoxy) is 1. The van der Waals surface area contributed by atoms with E-state index in [0.29, 0.717) is 13.2 Å². The fraction of sp³-hybridized carbons (Fsp3) is 0.130. The molecule has 0 unspecified atom stereocenters. The SMILES string of the molecule is COCc1nc2ccc(C(=O)O)cc2n1Cc1ccc(-c2ccccc2)cc1. The number of fused-ring (bicyclic) bond motifs is 1. The molecule has 140 valence electrons. The zero-order valence-electron chi connectivity index (χ0n) is 15.5. The van der Waals surface area contributed by atoms with Crippen molar-refractivity contribution in [1.82, 2.24) is 9.55 Å². The van der Waals surface area contributed by atoms with Gasteiger partial charge >= 0.3 is 5.97 Å². The van der Waals surface area contributed by atoms with Gasteiger partial charge in [-0.1, -0.05) is 54.6 Å². The number of hydrogen-bond donors (Lipinski definition) is 1. The molecule has 0 saturated carbocycles. The van der Waals surface area contributed by atoms with Gasteiger partial charge in [-0.25, -0.2) is 9.78 Å². The first-order valence-electron chi connectivity index (χ1n) is 9.01. The highest BCUT2D eigenvalue weighted by Gasteiger charge is 2.14. The van der Waals surface area contributed by atoms with Crippen LogP contribution >= 0.6 is 0 Å². The molecule has 3 aromatic carbocycles. The summed E-state index contributed by atoms with van der Waals surface area (Å²) in [6.45, 7) is 0.951. The Hall–Kier alpha value is -3.44. The predicted octanol–water partition coefficient (Wildman–Crippen LogP) is 4.60. The molecule has 5 heteroatoms. The Kier molecular flexibility index (Phi) is 4.91. The molecule has 28 heavy (non-hydrogen) atoms. The minimum absolute atomic E-state index is 0.247. The van der Waals surface area contributed by atoms with Crippen molar-refractivity contribution in [3.63, 3.8) is 0 Å². The Labute approximate surface area is 162 Å². The zero-order chi connectivity index (χ0) is 19.5. The number of benzene rings is 3. The number of aromatic carboxylic acids is 1. The van der Waals surface area contributed by atoms with Gasteiger partial charge in [0.05, 0.1) is 16.6 Å². The lowest BCUT2D eigenvalue weighted by atomic mass is 10.0. The minimum atomic E-state index is -0.949. The first-order chi connectivity index (χ1) is 13.7. The molecule has 0 bridgehead atoms. The topological polar surface area (TPSA) is 64.3 Å². The van der Waals surface area contributed by atoms with E-state index in [-0.39, 0.29) is 5.56 Å². The molecular weight excluding hydrogens is 352 g/mol. The van der Waals surface area contributed by atoms with Gasteiger partial charge in [-0.15, -0.1) is 0 Å². The number of rotatable bonds is 6. The summed E-state index contributed by atoms with van der Waals surface area (Å²) in [5.74, 6) is -0.178. The predicted molar refractivity (Wildman–Crippen MR) is 108 cm³/mol. The maximum Gasteiger partial charge on any atom is 0.335 e. The van der Waals surface area contributed by atoms with E-state index in [9.17, 15) is 9.90 Å². The summed E-state index contributed by atoms with van der Waals surface area (Å²) in [5, 5.41) is 9.32. The lowest BCUT2D eigenvalue weighted by Crippen LogP contribution is -2.06. The van der Waals surface area contributed by atoms with E-state index in [1.165, 1.54) is 5.56 Å². The standard InChI is InChI=1S/C23H20N2O3/c1-28-15-22-24-20-12-11-19(23(26)27)13-21(20)25(22)14-16-7-9-18(10-8-16)17-5-3-2-4-6-17/h2-13H,14-15H2,1H3,(H,26,27). The summed E-state index contributed by atoms with van der Waals surface area (Å²) in [6.07, 6.45) is 0. The van der Waals surface area contributed by atoms with Crippen LogP contribution in [0.4, 0.5) is 0 Å². The summed E-state index contributed by atoms with van der Waals surface area (Å²) in [5.41, 5.74) is 5.24. The number of carboxylic acid groups (broad SMARTS) is 1. The van der Waals surface area contributed by atoms with Crippen LogP contribution < -0.4 is 0 Å². The van der Waals surface area contributed by atoms with Gasteiger partial charge in [0.15, 0.2) is 0 Å². The van der Waals surface area contributed by atoms with Crippen molar-refractivity contribution in [3.05, 3.63) is 89.7 Å². The largest absolute Gasteiger partial charge is 0.478 e. The van der Waals surface area contributed by atoms with Crippen LogP contribution in [0.25, 0.3) is 22.2 Å². The normalized spacial score (nSPS) is 11.0. The van der Waals surface area contributed by atoms with Crippen molar-refractivity contribution in [1.29, 1.82) is 0 Å². The molecule has 4 rings (SSSR count). The highest BCUT2D eigenvalue weighted by molar-refractivity contribution is 5.92. The van der Waals surface area contributed by atoms with Gasteiger partial charge in [0.2, 0.25) is 0 Å². The Morgan fingerprint density at radius 3 is 2.39 bits per heavy atom. The second-order valence-electron chi connectivity index (χ2n) is 6.62. The molecule has 1 heterocycles. The molecule has 0 radical (unpaired) electrons. The fourth-order valence-corrected chi connectivity index (χ4v) is 3.34. The van der Waals surface area contributed by atoms with E-state index in [2.05, 4.69) is 41.4 Å². The number of imidazole rings is 1. The van der Waals surface area contributed by atoms with Crippen molar-refractivity contribution in [2.24, 2.45) is 0 Å². The molecule has 0 aliphatic rings. The summed E-state index contributed by atoms with van der Waals surface area (Å²) in [7, 11) is 1.63. The van der Waals surface area contributed by atoms with Crippen LogP contribution in [-0.2, 0) is 17.9 Å². The zero-order valence-corrected chi connectivity index (χ0v) is 15.5. The van der Waals surface area contributed by atoms with E-state index in [0.717, 1.165) is 28.0 Å². The number of carboxylic acids is 1. The first kappa shape index (κ1) is 17.9. The van der Waals surface area contributed by atoms with E-state index in [1.54, 1.807) is 25.3 Å². The maximum atomic E-state index is 11.4. The molecule has 4 aromatic rings. The van der Waals surface area contributed by atoms with Crippen LogP contribution in [0, 0.1) is 0 Å². The molecule has 0 amide bonds. The van der Waals surface area contributed by atoms with Crippen LogP contribution in [0.2, 0.25) is 0 Å². The molecule has 0 aliphatic heterocycles. The molecule has 1 aromatic heterocycles.